The van der Waals surface area contributed by atoms with E-state index in [2.05, 4.69) is 5.32 Å². The van der Waals surface area contributed by atoms with Crippen molar-refractivity contribution in [3.63, 3.8) is 0 Å². The normalized spacial score (nSPS) is 16.9. The van der Waals surface area contributed by atoms with Crippen LogP contribution in [0.5, 0.6) is 17.2 Å². The van der Waals surface area contributed by atoms with Gasteiger partial charge in [0.1, 0.15) is 23.9 Å². The van der Waals surface area contributed by atoms with Gasteiger partial charge in [0.2, 0.25) is 0 Å². The smallest absolute Gasteiger partial charge is 0.131 e. The van der Waals surface area contributed by atoms with Gasteiger partial charge in [0.25, 0.3) is 0 Å². The van der Waals surface area contributed by atoms with Gasteiger partial charge in [-0.2, -0.15) is 0 Å². The number of aromatic hydroxyl groups is 1. The number of hydrogen-bond donors (Lipinski definition) is 2. The topological polar surface area (TPSA) is 54.0 Å². The molecule has 0 spiro atoms. The van der Waals surface area contributed by atoms with E-state index in [-0.39, 0.29) is 18.2 Å². The Labute approximate surface area is 130 Å². The highest BCUT2D eigenvalue weighted by molar-refractivity contribution is 5.85. The van der Waals surface area contributed by atoms with E-state index in [1.165, 1.54) is 20.3 Å². The molecule has 120 valence electrons. The molecule has 0 bridgehead atoms. The fourth-order valence-corrected chi connectivity index (χ4v) is 2.56. The first-order valence-electron chi connectivity index (χ1n) is 6.66. The van der Waals surface area contributed by atoms with E-state index < -0.39 is 12.7 Å². The number of phenolic OH excluding ortho intramolecular Hbond substituents is 1. The lowest BCUT2D eigenvalue weighted by Crippen LogP contribution is -2.45. The Bertz CT molecular complexity index is 456. The second-order valence-electron chi connectivity index (χ2n) is 4.72. The number of nitrogens with one attached hydrogen (secondary N) is 1. The van der Waals surface area contributed by atoms with Crippen LogP contribution in [0, 0.1) is 0 Å². The number of nitrogens with zero attached hydrogens (tertiary/aromatic N) is 1. The van der Waals surface area contributed by atoms with Crippen LogP contribution in [0.1, 0.15) is 11.6 Å². The Morgan fingerprint density at radius 1 is 1.29 bits per heavy atom. The fourth-order valence-electron chi connectivity index (χ4n) is 2.56. The minimum absolute atomic E-state index is 0. The predicted molar refractivity (Wildman–Crippen MR) is 81.6 cm³/mol. The summed E-state index contributed by atoms with van der Waals surface area (Å²) in [5, 5.41) is 13.4. The summed E-state index contributed by atoms with van der Waals surface area (Å²) in [6.45, 7) is 2.54. The van der Waals surface area contributed by atoms with E-state index in [0.29, 0.717) is 17.1 Å². The first kappa shape index (κ1) is 17.8. The zero-order chi connectivity index (χ0) is 14.5. The van der Waals surface area contributed by atoms with Crippen molar-refractivity contribution < 1.29 is 19.0 Å². The summed E-state index contributed by atoms with van der Waals surface area (Å²) >= 11 is 0. The van der Waals surface area contributed by atoms with Crippen molar-refractivity contribution in [3.8, 4) is 17.2 Å². The molecular formula is C14H22ClFN2O3. The summed E-state index contributed by atoms with van der Waals surface area (Å²) in [6, 6.07) is 2.65. The molecule has 0 amide bonds. The molecule has 0 aromatic heterocycles. The van der Waals surface area contributed by atoms with Crippen LogP contribution in [0.25, 0.3) is 0 Å². The van der Waals surface area contributed by atoms with Gasteiger partial charge in [0.15, 0.2) is 0 Å². The van der Waals surface area contributed by atoms with Crippen LogP contribution >= 0.6 is 12.4 Å². The molecular weight excluding hydrogens is 299 g/mol. The summed E-state index contributed by atoms with van der Waals surface area (Å²) in [7, 11) is 3.02. The molecule has 5 nitrogen and oxygen atoms in total. The molecule has 0 radical (unpaired) electrons. The van der Waals surface area contributed by atoms with Gasteiger partial charge in [-0.05, 0) is 0 Å². The third-order valence-electron chi connectivity index (χ3n) is 3.62. The van der Waals surface area contributed by atoms with Crippen molar-refractivity contribution in [3.05, 3.63) is 17.7 Å². The summed E-state index contributed by atoms with van der Waals surface area (Å²) in [5.74, 6) is 0.937. The summed E-state index contributed by atoms with van der Waals surface area (Å²) < 4.78 is 23.9. The standard InChI is InChI=1S/C14H21FN2O3.ClH/c1-19-10-7-12(18)14(13(8-10)20-2)11(9-15)17-5-3-16-4-6-17;/h7-8,11,16,18H,3-6,9H2,1-2H3;1H/t11-;/m1./s1. The molecule has 1 saturated heterocycles. The van der Waals surface area contributed by atoms with Gasteiger partial charge in [-0.3, -0.25) is 4.90 Å². The molecule has 1 aliphatic rings. The third kappa shape index (κ3) is 3.90. The highest BCUT2D eigenvalue weighted by Crippen LogP contribution is 2.40. The van der Waals surface area contributed by atoms with Crippen LogP contribution in [0.3, 0.4) is 0 Å². The molecule has 7 heteroatoms. The van der Waals surface area contributed by atoms with E-state index in [0.717, 1.165) is 26.2 Å². The minimum Gasteiger partial charge on any atom is -0.507 e. The largest absolute Gasteiger partial charge is 0.507 e. The number of benzene rings is 1. The van der Waals surface area contributed by atoms with E-state index in [1.807, 2.05) is 4.90 Å². The zero-order valence-corrected chi connectivity index (χ0v) is 13.1. The molecule has 1 aromatic carbocycles. The van der Waals surface area contributed by atoms with Gasteiger partial charge in [-0.1, -0.05) is 0 Å². The third-order valence-corrected chi connectivity index (χ3v) is 3.62. The van der Waals surface area contributed by atoms with Gasteiger partial charge in [0, 0.05) is 38.3 Å². The quantitative estimate of drug-likeness (QED) is 0.865. The van der Waals surface area contributed by atoms with Crippen molar-refractivity contribution in [2.75, 3.05) is 47.1 Å². The number of ether oxygens (including phenoxy) is 2. The lowest BCUT2D eigenvalue weighted by Gasteiger charge is -2.34. The Kier molecular flexibility index (Phi) is 7.01. The second-order valence-corrected chi connectivity index (χ2v) is 4.72. The summed E-state index contributed by atoms with van der Waals surface area (Å²) in [5.41, 5.74) is 0.484. The molecule has 2 N–H and O–H groups in total. The molecule has 0 saturated carbocycles. The maximum Gasteiger partial charge on any atom is 0.131 e. The highest BCUT2D eigenvalue weighted by atomic mass is 35.5. The first-order valence-corrected chi connectivity index (χ1v) is 6.66. The van der Waals surface area contributed by atoms with Crippen molar-refractivity contribution in [1.82, 2.24) is 10.2 Å². The Hall–Kier alpha value is -1.24. The average molecular weight is 321 g/mol. The van der Waals surface area contributed by atoms with Crippen LogP contribution in [0.15, 0.2) is 12.1 Å². The van der Waals surface area contributed by atoms with Gasteiger partial charge in [-0.25, -0.2) is 4.39 Å². The van der Waals surface area contributed by atoms with Crippen molar-refractivity contribution in [1.29, 1.82) is 0 Å². The molecule has 1 atom stereocenters. The van der Waals surface area contributed by atoms with Crippen LogP contribution in [-0.4, -0.2) is 57.1 Å². The number of phenols is 1. The molecule has 1 heterocycles. The molecule has 1 aliphatic heterocycles. The molecule has 0 unspecified atom stereocenters. The van der Waals surface area contributed by atoms with E-state index in [1.54, 1.807) is 6.07 Å². The molecule has 1 fully saturated rings. The SMILES string of the molecule is COc1cc(O)c([C@@H](CF)N2CCNCC2)c(OC)c1.Cl. The molecule has 21 heavy (non-hydrogen) atoms. The van der Waals surface area contributed by atoms with Crippen LogP contribution in [0.4, 0.5) is 4.39 Å². The van der Waals surface area contributed by atoms with E-state index in [4.69, 9.17) is 9.47 Å². The van der Waals surface area contributed by atoms with Gasteiger partial charge in [0.05, 0.1) is 25.8 Å². The molecule has 1 aromatic rings. The summed E-state index contributed by atoms with van der Waals surface area (Å²) in [6.07, 6.45) is 0. The molecule has 0 aliphatic carbocycles. The van der Waals surface area contributed by atoms with E-state index in [9.17, 15) is 9.50 Å². The lowest BCUT2D eigenvalue weighted by molar-refractivity contribution is 0.142. The molecule has 2 rings (SSSR count). The minimum atomic E-state index is -0.573. The Morgan fingerprint density at radius 2 is 1.95 bits per heavy atom. The van der Waals surface area contributed by atoms with Crippen molar-refractivity contribution in [2.24, 2.45) is 0 Å². The monoisotopic (exact) mass is 320 g/mol. The average Bonchev–Trinajstić information content (AvgIpc) is 2.50. The maximum absolute atomic E-state index is 13.5. The first-order chi connectivity index (χ1) is 9.71. The number of halogens is 2. The van der Waals surface area contributed by atoms with Crippen molar-refractivity contribution in [2.45, 2.75) is 6.04 Å². The van der Waals surface area contributed by atoms with Crippen LogP contribution < -0.4 is 14.8 Å². The summed E-state index contributed by atoms with van der Waals surface area (Å²) in [4.78, 5) is 2.01. The number of alkyl halides is 1. The number of hydrogen-bond acceptors (Lipinski definition) is 5. The van der Waals surface area contributed by atoms with Gasteiger partial charge >= 0.3 is 0 Å². The predicted octanol–water partition coefficient (Wildman–Crippen LogP) is 1.75. The number of rotatable bonds is 5. The maximum atomic E-state index is 13.5. The van der Waals surface area contributed by atoms with Gasteiger partial charge < -0.3 is 19.9 Å². The Morgan fingerprint density at radius 3 is 2.48 bits per heavy atom. The van der Waals surface area contributed by atoms with Gasteiger partial charge in [-0.15, -0.1) is 12.4 Å². The van der Waals surface area contributed by atoms with Crippen LogP contribution in [0.2, 0.25) is 0 Å². The number of methoxy groups -OCH3 is 2. The lowest BCUT2D eigenvalue weighted by atomic mass is 10.0. The van der Waals surface area contributed by atoms with Crippen molar-refractivity contribution >= 4 is 12.4 Å². The van der Waals surface area contributed by atoms with E-state index >= 15 is 0 Å². The number of piperazine rings is 1. The van der Waals surface area contributed by atoms with Crippen LogP contribution in [-0.2, 0) is 0 Å². The second kappa shape index (κ2) is 8.26. The highest BCUT2D eigenvalue weighted by Gasteiger charge is 2.28. The Balaban J connectivity index is 0.00000220. The zero-order valence-electron chi connectivity index (χ0n) is 12.3. The fraction of sp³-hybridized carbons (Fsp3) is 0.571.